The molecule has 0 saturated carbocycles. The molecule has 1 aliphatic heterocycles. The van der Waals surface area contributed by atoms with Crippen molar-refractivity contribution in [3.8, 4) is 0 Å². The van der Waals surface area contributed by atoms with Crippen molar-refractivity contribution in [3.05, 3.63) is 52.3 Å². The van der Waals surface area contributed by atoms with Crippen molar-refractivity contribution < 1.29 is 4.79 Å². The molecule has 1 amide bonds. The highest BCUT2D eigenvalue weighted by Crippen LogP contribution is 2.22. The van der Waals surface area contributed by atoms with Crippen LogP contribution in [0.25, 0.3) is 0 Å². The molecule has 1 aliphatic rings. The van der Waals surface area contributed by atoms with Crippen LogP contribution in [0.4, 0.5) is 5.95 Å². The van der Waals surface area contributed by atoms with E-state index >= 15 is 0 Å². The van der Waals surface area contributed by atoms with Gasteiger partial charge in [-0.3, -0.25) is 4.79 Å². The number of aromatic nitrogens is 2. The second-order valence-corrected chi connectivity index (χ2v) is 6.63. The zero-order chi connectivity index (χ0) is 16.9. The highest BCUT2D eigenvalue weighted by Gasteiger charge is 2.26. The molecule has 0 spiro atoms. The first kappa shape index (κ1) is 17.0. The zero-order valence-electron chi connectivity index (χ0n) is 13.1. The van der Waals surface area contributed by atoms with Gasteiger partial charge in [0.1, 0.15) is 0 Å². The van der Waals surface area contributed by atoms with Gasteiger partial charge < -0.3 is 10.2 Å². The summed E-state index contributed by atoms with van der Waals surface area (Å²) in [6.45, 7) is 1.90. The predicted molar refractivity (Wildman–Crippen MR) is 95.3 cm³/mol. The zero-order valence-corrected chi connectivity index (χ0v) is 14.6. The number of amides is 1. The minimum Gasteiger partial charge on any atom is -0.352 e. The third-order valence-electron chi connectivity index (χ3n) is 4.10. The molecule has 0 radical (unpaired) electrons. The molecular weight excluding hydrogens is 347 g/mol. The molecule has 1 N–H and O–H groups in total. The molecular formula is C17H18Cl2N4O. The number of carbonyl (C=O) groups is 1. The van der Waals surface area contributed by atoms with Gasteiger partial charge in [-0.2, -0.15) is 0 Å². The average molecular weight is 365 g/mol. The fourth-order valence-corrected chi connectivity index (χ4v) is 3.29. The van der Waals surface area contributed by atoms with Crippen LogP contribution in [0.1, 0.15) is 18.4 Å². The van der Waals surface area contributed by atoms with Gasteiger partial charge in [-0.1, -0.05) is 29.3 Å². The Hall–Kier alpha value is -1.85. The second-order valence-electron chi connectivity index (χ2n) is 5.79. The lowest BCUT2D eigenvalue weighted by atomic mass is 9.97. The van der Waals surface area contributed by atoms with Crippen molar-refractivity contribution in [2.45, 2.75) is 19.4 Å². The lowest BCUT2D eigenvalue weighted by Gasteiger charge is -2.31. The maximum absolute atomic E-state index is 12.5. The lowest BCUT2D eigenvalue weighted by molar-refractivity contribution is -0.125. The number of anilines is 1. The molecule has 5 nitrogen and oxygen atoms in total. The van der Waals surface area contributed by atoms with Gasteiger partial charge in [-0.25, -0.2) is 9.97 Å². The molecule has 1 aromatic heterocycles. The van der Waals surface area contributed by atoms with E-state index in [-0.39, 0.29) is 11.8 Å². The molecule has 2 aromatic rings. The molecule has 0 bridgehead atoms. The molecule has 1 saturated heterocycles. The van der Waals surface area contributed by atoms with Crippen molar-refractivity contribution in [3.63, 3.8) is 0 Å². The summed E-state index contributed by atoms with van der Waals surface area (Å²) < 4.78 is 0. The molecule has 0 unspecified atom stereocenters. The highest BCUT2D eigenvalue weighted by atomic mass is 35.5. The standard InChI is InChI=1S/C17H18Cl2N4O/c18-14-5-4-12(15(19)9-14)10-22-16(24)13-3-1-8-23(11-13)17-20-6-2-7-21-17/h2,4-7,9,13H,1,3,8,10-11H2,(H,22,24)/t13-/m0/s1. The van der Waals surface area contributed by atoms with Crippen LogP contribution in [0, 0.1) is 5.92 Å². The summed E-state index contributed by atoms with van der Waals surface area (Å²) in [5, 5.41) is 4.11. The first-order valence-corrected chi connectivity index (χ1v) is 8.62. The fraction of sp³-hybridized carbons (Fsp3) is 0.353. The molecule has 7 heteroatoms. The summed E-state index contributed by atoms with van der Waals surface area (Å²) in [4.78, 5) is 23.1. The summed E-state index contributed by atoms with van der Waals surface area (Å²) in [6.07, 6.45) is 5.24. The Morgan fingerprint density at radius 1 is 1.29 bits per heavy atom. The number of nitrogens with one attached hydrogen (secondary N) is 1. The first-order chi connectivity index (χ1) is 11.6. The van der Waals surface area contributed by atoms with Crippen molar-refractivity contribution >= 4 is 35.1 Å². The predicted octanol–water partition coefficient (Wildman–Crippen LogP) is 3.32. The quantitative estimate of drug-likeness (QED) is 0.903. The van der Waals surface area contributed by atoms with Crippen molar-refractivity contribution in [2.75, 3.05) is 18.0 Å². The largest absolute Gasteiger partial charge is 0.352 e. The third-order valence-corrected chi connectivity index (χ3v) is 4.68. The SMILES string of the molecule is O=C(NCc1ccc(Cl)cc1Cl)[C@H]1CCCN(c2ncccn2)C1. The lowest BCUT2D eigenvalue weighted by Crippen LogP contribution is -2.43. The minimum absolute atomic E-state index is 0.0293. The number of rotatable bonds is 4. The van der Waals surface area contributed by atoms with E-state index in [1.807, 2.05) is 6.07 Å². The van der Waals surface area contributed by atoms with E-state index in [1.165, 1.54) is 0 Å². The molecule has 0 aliphatic carbocycles. The van der Waals surface area contributed by atoms with Crippen LogP contribution in [-0.4, -0.2) is 29.0 Å². The van der Waals surface area contributed by atoms with Crippen LogP contribution in [0.2, 0.25) is 10.0 Å². The Morgan fingerprint density at radius 2 is 2.08 bits per heavy atom. The Morgan fingerprint density at radius 3 is 2.83 bits per heavy atom. The molecule has 3 rings (SSSR count). The summed E-state index contributed by atoms with van der Waals surface area (Å²) in [6, 6.07) is 7.06. The van der Waals surface area contributed by atoms with Gasteiger partial charge in [0, 0.05) is 42.1 Å². The van der Waals surface area contributed by atoms with Gasteiger partial charge in [-0.05, 0) is 36.6 Å². The van der Waals surface area contributed by atoms with Crippen LogP contribution in [0.15, 0.2) is 36.7 Å². The van der Waals surface area contributed by atoms with Gasteiger partial charge in [0.2, 0.25) is 11.9 Å². The topological polar surface area (TPSA) is 58.1 Å². The maximum Gasteiger partial charge on any atom is 0.225 e. The van der Waals surface area contributed by atoms with Crippen LogP contribution in [-0.2, 0) is 11.3 Å². The number of nitrogens with zero attached hydrogens (tertiary/aromatic N) is 3. The number of carbonyl (C=O) groups excluding carboxylic acids is 1. The van der Waals surface area contributed by atoms with E-state index in [0.29, 0.717) is 29.1 Å². The molecule has 126 valence electrons. The summed E-state index contributed by atoms with van der Waals surface area (Å²) in [5.41, 5.74) is 0.855. The van der Waals surface area contributed by atoms with E-state index < -0.39 is 0 Å². The maximum atomic E-state index is 12.5. The Labute approximate surface area is 151 Å². The number of hydrogen-bond donors (Lipinski definition) is 1. The van der Waals surface area contributed by atoms with Gasteiger partial charge in [0.25, 0.3) is 0 Å². The summed E-state index contributed by atoms with van der Waals surface area (Å²) >= 11 is 12.0. The number of benzene rings is 1. The number of piperidine rings is 1. The fourth-order valence-electron chi connectivity index (χ4n) is 2.82. The van der Waals surface area contributed by atoms with Gasteiger partial charge in [-0.15, -0.1) is 0 Å². The molecule has 1 atom stereocenters. The van der Waals surface area contributed by atoms with E-state index in [0.717, 1.165) is 24.9 Å². The van der Waals surface area contributed by atoms with E-state index in [1.54, 1.807) is 30.6 Å². The van der Waals surface area contributed by atoms with Crippen LogP contribution < -0.4 is 10.2 Å². The van der Waals surface area contributed by atoms with E-state index in [2.05, 4.69) is 20.2 Å². The van der Waals surface area contributed by atoms with Gasteiger partial charge in [0.15, 0.2) is 0 Å². The van der Waals surface area contributed by atoms with Crippen LogP contribution in [0.3, 0.4) is 0 Å². The summed E-state index contributed by atoms with van der Waals surface area (Å²) in [5.74, 6) is 0.631. The average Bonchev–Trinajstić information content (AvgIpc) is 2.61. The summed E-state index contributed by atoms with van der Waals surface area (Å²) in [7, 11) is 0. The first-order valence-electron chi connectivity index (χ1n) is 7.87. The molecule has 2 heterocycles. The van der Waals surface area contributed by atoms with E-state index in [4.69, 9.17) is 23.2 Å². The van der Waals surface area contributed by atoms with E-state index in [9.17, 15) is 4.79 Å². The third kappa shape index (κ3) is 4.16. The second kappa shape index (κ2) is 7.81. The number of hydrogen-bond acceptors (Lipinski definition) is 4. The minimum atomic E-state index is -0.0753. The Kier molecular flexibility index (Phi) is 5.53. The highest BCUT2D eigenvalue weighted by molar-refractivity contribution is 6.35. The van der Waals surface area contributed by atoms with Gasteiger partial charge >= 0.3 is 0 Å². The smallest absolute Gasteiger partial charge is 0.225 e. The van der Waals surface area contributed by atoms with Crippen molar-refractivity contribution in [1.29, 1.82) is 0 Å². The normalized spacial score (nSPS) is 17.6. The van der Waals surface area contributed by atoms with Gasteiger partial charge in [0.05, 0.1) is 5.92 Å². The Bertz CT molecular complexity index is 711. The van der Waals surface area contributed by atoms with Crippen LogP contribution in [0.5, 0.6) is 0 Å². The molecule has 1 aromatic carbocycles. The van der Waals surface area contributed by atoms with Crippen LogP contribution >= 0.6 is 23.2 Å². The van der Waals surface area contributed by atoms with Crippen molar-refractivity contribution in [1.82, 2.24) is 15.3 Å². The molecule has 1 fully saturated rings. The number of halogens is 2. The Balaban J connectivity index is 1.58. The monoisotopic (exact) mass is 364 g/mol. The van der Waals surface area contributed by atoms with Crippen molar-refractivity contribution in [2.24, 2.45) is 5.92 Å². The molecule has 24 heavy (non-hydrogen) atoms.